The molecule has 1 saturated heterocycles. The Morgan fingerprint density at radius 1 is 1.13 bits per heavy atom. The highest BCUT2D eigenvalue weighted by Gasteiger charge is 2.39. The summed E-state index contributed by atoms with van der Waals surface area (Å²) in [6, 6.07) is 5.40. The molecule has 2 aliphatic heterocycles. The number of benzene rings is 1. The van der Waals surface area contributed by atoms with Crippen molar-refractivity contribution in [2.24, 2.45) is 5.73 Å². The fourth-order valence-electron chi connectivity index (χ4n) is 4.31. The molecule has 1 unspecified atom stereocenters. The van der Waals surface area contributed by atoms with E-state index >= 15 is 0 Å². The molecule has 0 radical (unpaired) electrons. The molecule has 0 aliphatic carbocycles. The van der Waals surface area contributed by atoms with Crippen molar-refractivity contribution in [3.8, 4) is 0 Å². The van der Waals surface area contributed by atoms with E-state index in [0.29, 0.717) is 18.5 Å². The number of rotatable bonds is 11. The molecule has 7 heteroatoms. The van der Waals surface area contributed by atoms with Crippen LogP contribution in [0.25, 0.3) is 0 Å². The van der Waals surface area contributed by atoms with Gasteiger partial charge in [0.15, 0.2) is 0 Å². The normalized spacial score (nSPS) is 19.0. The highest BCUT2D eigenvalue weighted by Crippen LogP contribution is 2.28. The number of hydrogen-bond donors (Lipinski definition) is 3. The summed E-state index contributed by atoms with van der Waals surface area (Å²) in [5.74, 6) is -0.753. The van der Waals surface area contributed by atoms with Crippen molar-refractivity contribution < 1.29 is 14.4 Å². The minimum Gasteiger partial charge on any atom is -0.326 e. The molecule has 0 saturated carbocycles. The van der Waals surface area contributed by atoms with Gasteiger partial charge in [0.25, 0.3) is 5.91 Å². The number of carbonyl (C=O) groups is 3. The predicted octanol–water partition coefficient (Wildman–Crippen LogP) is 2.62. The zero-order chi connectivity index (χ0) is 22.4. The van der Waals surface area contributed by atoms with Gasteiger partial charge in [0.2, 0.25) is 11.8 Å². The Bertz CT molecular complexity index is 816. The lowest BCUT2D eigenvalue weighted by molar-refractivity contribution is -0.136. The molecule has 0 bridgehead atoms. The van der Waals surface area contributed by atoms with Crippen LogP contribution in [-0.2, 0) is 22.7 Å². The molecule has 1 atom stereocenters. The Hall–Kier alpha value is -2.25. The van der Waals surface area contributed by atoms with E-state index in [4.69, 9.17) is 5.73 Å². The molecule has 1 fully saturated rings. The Kier molecular flexibility index (Phi) is 7.84. The summed E-state index contributed by atoms with van der Waals surface area (Å²) < 4.78 is 0. The summed E-state index contributed by atoms with van der Waals surface area (Å²) >= 11 is 0. The molecule has 1 aromatic carbocycles. The van der Waals surface area contributed by atoms with Crippen molar-refractivity contribution in [2.75, 3.05) is 6.54 Å². The summed E-state index contributed by atoms with van der Waals surface area (Å²) in [6.07, 6.45) is 7.75. The summed E-state index contributed by atoms with van der Waals surface area (Å²) in [6.45, 7) is 6.26. The number of nitrogens with one attached hydrogen (secondary N) is 2. The number of fused-ring (bicyclic) bond motifs is 1. The summed E-state index contributed by atoms with van der Waals surface area (Å²) in [7, 11) is 0. The number of carbonyl (C=O) groups excluding carboxylic acids is 3. The number of unbranched alkanes of at least 4 members (excludes halogenated alkanes) is 4. The van der Waals surface area contributed by atoms with Crippen LogP contribution in [-0.4, -0.2) is 40.7 Å². The lowest BCUT2D eigenvalue weighted by atomic mass is 9.97. The molecule has 0 spiro atoms. The van der Waals surface area contributed by atoms with Gasteiger partial charge < -0.3 is 16.0 Å². The molecule has 31 heavy (non-hydrogen) atoms. The largest absolute Gasteiger partial charge is 0.326 e. The molecule has 0 aromatic heterocycles. The van der Waals surface area contributed by atoms with Crippen molar-refractivity contribution in [1.82, 2.24) is 15.5 Å². The van der Waals surface area contributed by atoms with Gasteiger partial charge >= 0.3 is 0 Å². The fourth-order valence-corrected chi connectivity index (χ4v) is 4.31. The van der Waals surface area contributed by atoms with E-state index < -0.39 is 6.04 Å². The fraction of sp³-hybridized carbons (Fsp3) is 0.625. The van der Waals surface area contributed by atoms with E-state index in [1.54, 1.807) is 4.90 Å². The second-order valence-electron chi connectivity index (χ2n) is 9.57. The van der Waals surface area contributed by atoms with Gasteiger partial charge in [0.1, 0.15) is 6.04 Å². The van der Waals surface area contributed by atoms with Gasteiger partial charge in [-0.25, -0.2) is 0 Å². The highest BCUT2D eigenvalue weighted by molar-refractivity contribution is 6.05. The van der Waals surface area contributed by atoms with E-state index in [1.807, 2.05) is 18.2 Å². The zero-order valence-corrected chi connectivity index (χ0v) is 18.8. The van der Waals surface area contributed by atoms with E-state index in [9.17, 15) is 14.4 Å². The number of amides is 3. The lowest BCUT2D eigenvalue weighted by Crippen LogP contribution is -2.52. The lowest BCUT2D eigenvalue weighted by Gasteiger charge is -2.29. The average molecular weight is 429 g/mol. The molecular formula is C24H36N4O3. The van der Waals surface area contributed by atoms with Crippen LogP contribution in [0.5, 0.6) is 0 Å². The molecule has 7 nitrogen and oxygen atoms in total. The van der Waals surface area contributed by atoms with Gasteiger partial charge in [-0.05, 0) is 56.8 Å². The average Bonchev–Trinajstić information content (AvgIpc) is 3.02. The van der Waals surface area contributed by atoms with Crippen LogP contribution < -0.4 is 16.4 Å². The number of nitrogens with zero attached hydrogens (tertiary/aromatic N) is 1. The molecule has 2 heterocycles. The Morgan fingerprint density at radius 3 is 2.61 bits per heavy atom. The second-order valence-corrected chi connectivity index (χ2v) is 9.57. The molecule has 3 rings (SSSR count). The van der Waals surface area contributed by atoms with Gasteiger partial charge in [-0.15, -0.1) is 0 Å². The van der Waals surface area contributed by atoms with Gasteiger partial charge in [-0.3, -0.25) is 19.7 Å². The third-order valence-electron chi connectivity index (χ3n) is 6.10. The highest BCUT2D eigenvalue weighted by atomic mass is 16.2. The van der Waals surface area contributed by atoms with Crippen molar-refractivity contribution in [3.63, 3.8) is 0 Å². The minimum atomic E-state index is -0.560. The van der Waals surface area contributed by atoms with Crippen LogP contribution in [0.3, 0.4) is 0 Å². The summed E-state index contributed by atoms with van der Waals surface area (Å²) in [5.41, 5.74) is 8.64. The first kappa shape index (κ1) is 23.4. The van der Waals surface area contributed by atoms with Gasteiger partial charge in [-0.2, -0.15) is 0 Å². The second kappa shape index (κ2) is 10.4. The van der Waals surface area contributed by atoms with E-state index in [1.165, 1.54) is 25.7 Å². The summed E-state index contributed by atoms with van der Waals surface area (Å²) in [5, 5.41) is 5.80. The molecule has 2 aliphatic rings. The zero-order valence-electron chi connectivity index (χ0n) is 18.8. The van der Waals surface area contributed by atoms with Gasteiger partial charge in [-0.1, -0.05) is 37.8 Å². The maximum atomic E-state index is 12.9. The summed E-state index contributed by atoms with van der Waals surface area (Å²) in [4.78, 5) is 38.0. The van der Waals surface area contributed by atoms with Crippen molar-refractivity contribution in [3.05, 3.63) is 34.9 Å². The Labute approximate surface area is 185 Å². The smallest absolute Gasteiger partial charge is 0.255 e. The van der Waals surface area contributed by atoms with Gasteiger partial charge in [0.05, 0.1) is 0 Å². The van der Waals surface area contributed by atoms with Crippen LogP contribution in [0.2, 0.25) is 0 Å². The van der Waals surface area contributed by atoms with Crippen molar-refractivity contribution >= 4 is 17.7 Å². The maximum absolute atomic E-state index is 12.9. The third-order valence-corrected chi connectivity index (χ3v) is 6.10. The van der Waals surface area contributed by atoms with Crippen LogP contribution in [0.15, 0.2) is 18.2 Å². The first-order valence-electron chi connectivity index (χ1n) is 11.5. The topological polar surface area (TPSA) is 105 Å². The van der Waals surface area contributed by atoms with Crippen molar-refractivity contribution in [1.29, 1.82) is 0 Å². The standard InChI is InChI=1S/C24H36N4O3/c1-24(2,25)12-6-4-3-5-7-13-26-15-17-8-9-18-16-28(23(31)19(18)14-17)20-10-11-21(29)27-22(20)30/h8-9,14,20,26H,3-7,10-13,15-16,25H2,1-2H3,(H,27,29,30). The number of hydrogen-bond acceptors (Lipinski definition) is 5. The van der Waals surface area contributed by atoms with E-state index in [-0.39, 0.29) is 29.7 Å². The Balaban J connectivity index is 1.39. The monoisotopic (exact) mass is 428 g/mol. The number of piperidine rings is 1. The van der Waals surface area contributed by atoms with Crippen LogP contribution in [0.4, 0.5) is 0 Å². The third kappa shape index (κ3) is 6.61. The van der Waals surface area contributed by atoms with Gasteiger partial charge in [0, 0.05) is 30.6 Å². The van der Waals surface area contributed by atoms with E-state index in [0.717, 1.165) is 37.1 Å². The van der Waals surface area contributed by atoms with Crippen LogP contribution in [0.1, 0.15) is 86.7 Å². The first-order valence-corrected chi connectivity index (χ1v) is 11.5. The van der Waals surface area contributed by atoms with Crippen LogP contribution in [0, 0.1) is 0 Å². The molecule has 4 N–H and O–H groups in total. The van der Waals surface area contributed by atoms with Crippen LogP contribution >= 0.6 is 0 Å². The maximum Gasteiger partial charge on any atom is 0.255 e. The van der Waals surface area contributed by atoms with E-state index in [2.05, 4.69) is 24.5 Å². The Morgan fingerprint density at radius 2 is 1.87 bits per heavy atom. The molecule has 3 amide bonds. The molecule has 1 aromatic rings. The minimum absolute atomic E-state index is 0.0578. The van der Waals surface area contributed by atoms with Crippen molar-refractivity contribution in [2.45, 2.75) is 89.9 Å². The predicted molar refractivity (Wildman–Crippen MR) is 120 cm³/mol. The SMILES string of the molecule is CC(C)(N)CCCCCCCNCc1ccc2c(c1)C(=O)N(C1CCC(=O)NC1=O)C2. The number of nitrogens with two attached hydrogens (primary N) is 1. The quantitative estimate of drug-likeness (QED) is 0.371. The first-order chi connectivity index (χ1) is 14.7. The number of imide groups is 1. The molecular weight excluding hydrogens is 392 g/mol. The molecule has 170 valence electrons.